The SMILES string of the molecule is C#CCC[C@H](N)C(=C)N. The monoisotopic (exact) mass is 124 g/mol. The Kier molecular flexibility index (Phi) is 3.57. The van der Waals surface area contributed by atoms with Crippen LogP contribution in [0.4, 0.5) is 0 Å². The third-order valence-electron chi connectivity index (χ3n) is 1.08. The molecule has 9 heavy (non-hydrogen) atoms. The second-order valence-corrected chi connectivity index (χ2v) is 1.92. The summed E-state index contributed by atoms with van der Waals surface area (Å²) in [6.45, 7) is 3.49. The van der Waals surface area contributed by atoms with Crippen LogP contribution in [0, 0.1) is 12.3 Å². The molecule has 0 bridgehead atoms. The van der Waals surface area contributed by atoms with Gasteiger partial charge in [-0.2, -0.15) is 0 Å². The van der Waals surface area contributed by atoms with Crippen LogP contribution in [0.2, 0.25) is 0 Å². The summed E-state index contributed by atoms with van der Waals surface area (Å²) in [6.07, 6.45) is 6.39. The van der Waals surface area contributed by atoms with Gasteiger partial charge in [-0.25, -0.2) is 0 Å². The van der Waals surface area contributed by atoms with Crippen molar-refractivity contribution < 1.29 is 0 Å². The molecule has 0 aromatic carbocycles. The van der Waals surface area contributed by atoms with Gasteiger partial charge in [-0.15, -0.1) is 12.3 Å². The Labute approximate surface area is 55.9 Å². The minimum Gasteiger partial charge on any atom is -0.401 e. The van der Waals surface area contributed by atoms with Crippen molar-refractivity contribution in [1.29, 1.82) is 0 Å². The van der Waals surface area contributed by atoms with E-state index in [-0.39, 0.29) is 6.04 Å². The van der Waals surface area contributed by atoms with Gasteiger partial charge in [0, 0.05) is 18.2 Å². The zero-order valence-corrected chi connectivity index (χ0v) is 5.43. The summed E-state index contributed by atoms with van der Waals surface area (Å²) in [5, 5.41) is 0. The van der Waals surface area contributed by atoms with Crippen LogP contribution in [0.5, 0.6) is 0 Å². The van der Waals surface area contributed by atoms with Crippen molar-refractivity contribution in [3.8, 4) is 12.3 Å². The lowest BCUT2D eigenvalue weighted by atomic mass is 10.1. The zero-order valence-electron chi connectivity index (χ0n) is 5.43. The first-order chi connectivity index (χ1) is 4.18. The molecule has 0 aliphatic rings. The molecular formula is C7H12N2. The first kappa shape index (κ1) is 8.06. The van der Waals surface area contributed by atoms with Gasteiger partial charge in [-0.1, -0.05) is 6.58 Å². The van der Waals surface area contributed by atoms with E-state index in [0.29, 0.717) is 12.1 Å². The molecule has 2 heteroatoms. The molecule has 50 valence electrons. The van der Waals surface area contributed by atoms with Crippen LogP contribution in [-0.4, -0.2) is 6.04 Å². The molecule has 2 nitrogen and oxygen atoms in total. The molecule has 0 fully saturated rings. The molecule has 0 amide bonds. The normalized spacial score (nSPS) is 12.0. The Morgan fingerprint density at radius 1 is 1.78 bits per heavy atom. The minimum atomic E-state index is -0.138. The van der Waals surface area contributed by atoms with Gasteiger partial charge in [0.25, 0.3) is 0 Å². The molecular weight excluding hydrogens is 112 g/mol. The molecule has 0 aliphatic carbocycles. The van der Waals surface area contributed by atoms with E-state index in [9.17, 15) is 0 Å². The summed E-state index contributed by atoms with van der Waals surface area (Å²) in [4.78, 5) is 0. The van der Waals surface area contributed by atoms with Crippen molar-refractivity contribution in [3.63, 3.8) is 0 Å². The van der Waals surface area contributed by atoms with Crippen LogP contribution in [0.1, 0.15) is 12.8 Å². The van der Waals surface area contributed by atoms with Gasteiger partial charge in [-0.3, -0.25) is 0 Å². The largest absolute Gasteiger partial charge is 0.401 e. The van der Waals surface area contributed by atoms with Crippen LogP contribution < -0.4 is 11.5 Å². The van der Waals surface area contributed by atoms with Gasteiger partial charge >= 0.3 is 0 Å². The van der Waals surface area contributed by atoms with Crippen molar-refractivity contribution in [2.24, 2.45) is 11.5 Å². The van der Waals surface area contributed by atoms with Crippen molar-refractivity contribution in [3.05, 3.63) is 12.3 Å². The maximum absolute atomic E-state index is 5.48. The third kappa shape index (κ3) is 3.63. The van der Waals surface area contributed by atoms with Gasteiger partial charge in [0.15, 0.2) is 0 Å². The fourth-order valence-electron chi connectivity index (χ4n) is 0.424. The van der Waals surface area contributed by atoms with Crippen molar-refractivity contribution >= 4 is 0 Å². The average molecular weight is 124 g/mol. The maximum Gasteiger partial charge on any atom is 0.0445 e. The lowest BCUT2D eigenvalue weighted by molar-refractivity contribution is 0.702. The van der Waals surface area contributed by atoms with Gasteiger partial charge in [0.2, 0.25) is 0 Å². The molecule has 0 saturated carbocycles. The standard InChI is InChI=1S/C7H12N2/c1-3-4-5-7(9)6(2)8/h1,7H,2,4-5,8-9H2/t7-/m0/s1. The molecule has 0 spiro atoms. The topological polar surface area (TPSA) is 52.0 Å². The van der Waals surface area contributed by atoms with Crippen molar-refractivity contribution in [2.45, 2.75) is 18.9 Å². The van der Waals surface area contributed by atoms with Crippen LogP contribution in [-0.2, 0) is 0 Å². The second-order valence-electron chi connectivity index (χ2n) is 1.92. The summed E-state index contributed by atoms with van der Waals surface area (Å²) in [6, 6.07) is -0.138. The predicted octanol–water partition coefficient (Wildman–Crippen LogP) is 0.200. The molecule has 0 aliphatic heterocycles. The van der Waals surface area contributed by atoms with Crippen molar-refractivity contribution in [2.75, 3.05) is 0 Å². The number of hydrogen-bond acceptors (Lipinski definition) is 2. The molecule has 0 radical (unpaired) electrons. The van der Waals surface area contributed by atoms with E-state index in [1.807, 2.05) is 0 Å². The van der Waals surface area contributed by atoms with Gasteiger partial charge in [0.05, 0.1) is 0 Å². The minimum absolute atomic E-state index is 0.138. The zero-order chi connectivity index (χ0) is 7.28. The number of hydrogen-bond donors (Lipinski definition) is 2. The first-order valence-corrected chi connectivity index (χ1v) is 2.81. The second kappa shape index (κ2) is 3.99. The Bertz CT molecular complexity index is 132. The Hall–Kier alpha value is -0.940. The highest BCUT2D eigenvalue weighted by molar-refractivity contribution is 4.99. The average Bonchev–Trinajstić information content (AvgIpc) is 1.82. The highest BCUT2D eigenvalue weighted by atomic mass is 14.7. The first-order valence-electron chi connectivity index (χ1n) is 2.81. The lowest BCUT2D eigenvalue weighted by Crippen LogP contribution is -2.26. The van der Waals surface area contributed by atoms with Crippen molar-refractivity contribution in [1.82, 2.24) is 0 Å². The lowest BCUT2D eigenvalue weighted by Gasteiger charge is -2.06. The molecule has 4 N–H and O–H groups in total. The van der Waals surface area contributed by atoms with E-state index in [4.69, 9.17) is 17.9 Å². The van der Waals surface area contributed by atoms with Gasteiger partial charge in [0.1, 0.15) is 0 Å². The maximum atomic E-state index is 5.48. The van der Waals surface area contributed by atoms with Crippen LogP contribution >= 0.6 is 0 Å². The van der Waals surface area contributed by atoms with E-state index in [2.05, 4.69) is 12.5 Å². The fraction of sp³-hybridized carbons (Fsp3) is 0.429. The van der Waals surface area contributed by atoms with E-state index in [0.717, 1.165) is 6.42 Å². The summed E-state index contributed by atoms with van der Waals surface area (Å²) in [7, 11) is 0. The molecule has 0 aromatic rings. The van der Waals surface area contributed by atoms with E-state index < -0.39 is 0 Å². The third-order valence-corrected chi connectivity index (χ3v) is 1.08. The van der Waals surface area contributed by atoms with Crippen LogP contribution in [0.3, 0.4) is 0 Å². The molecule has 0 saturated heterocycles. The molecule has 1 atom stereocenters. The van der Waals surface area contributed by atoms with Gasteiger partial charge in [-0.05, 0) is 6.42 Å². The highest BCUT2D eigenvalue weighted by Gasteiger charge is 1.99. The summed E-state index contributed by atoms with van der Waals surface area (Å²) in [5.74, 6) is 2.48. The Morgan fingerprint density at radius 3 is 2.67 bits per heavy atom. The number of terminal acetylenes is 1. The molecule has 0 rings (SSSR count). The highest BCUT2D eigenvalue weighted by Crippen LogP contribution is 1.96. The van der Waals surface area contributed by atoms with Crippen LogP contribution in [0.25, 0.3) is 0 Å². The predicted molar refractivity (Wildman–Crippen MR) is 39.4 cm³/mol. The van der Waals surface area contributed by atoms with Gasteiger partial charge < -0.3 is 11.5 Å². The summed E-state index contributed by atoms with van der Waals surface area (Å²) >= 11 is 0. The van der Waals surface area contributed by atoms with Crippen LogP contribution in [0.15, 0.2) is 12.3 Å². The smallest absolute Gasteiger partial charge is 0.0445 e. The summed E-state index contributed by atoms with van der Waals surface area (Å²) < 4.78 is 0. The molecule has 0 unspecified atom stereocenters. The Morgan fingerprint density at radius 2 is 2.33 bits per heavy atom. The quantitative estimate of drug-likeness (QED) is 0.528. The van der Waals surface area contributed by atoms with E-state index >= 15 is 0 Å². The fourth-order valence-corrected chi connectivity index (χ4v) is 0.424. The summed E-state index contributed by atoms with van der Waals surface area (Å²) in [5.41, 5.74) is 11.3. The molecule has 0 heterocycles. The number of nitrogens with two attached hydrogens (primary N) is 2. The van der Waals surface area contributed by atoms with E-state index in [1.165, 1.54) is 0 Å². The molecule has 0 aromatic heterocycles. The van der Waals surface area contributed by atoms with E-state index in [1.54, 1.807) is 0 Å². The number of rotatable bonds is 3. The Balaban J connectivity index is 3.41.